The second-order valence-electron chi connectivity index (χ2n) is 4.40. The molecule has 1 amide bonds. The Morgan fingerprint density at radius 1 is 1.14 bits per heavy atom. The minimum Gasteiger partial charge on any atom is -0.504 e. The zero-order valence-corrected chi connectivity index (χ0v) is 12.2. The highest BCUT2D eigenvalue weighted by atomic mass is 35.5. The van der Waals surface area contributed by atoms with Gasteiger partial charge in [-0.15, -0.1) is 0 Å². The van der Waals surface area contributed by atoms with Gasteiger partial charge in [0.05, 0.1) is 12.8 Å². The van der Waals surface area contributed by atoms with Crippen molar-refractivity contribution < 1.29 is 15.0 Å². The molecule has 0 aliphatic heterocycles. The zero-order valence-electron chi connectivity index (χ0n) is 11.5. The van der Waals surface area contributed by atoms with Crippen molar-refractivity contribution in [2.75, 3.05) is 11.9 Å². The lowest BCUT2D eigenvalue weighted by atomic mass is 10.2. The van der Waals surface area contributed by atoms with Gasteiger partial charge < -0.3 is 15.5 Å². The van der Waals surface area contributed by atoms with Gasteiger partial charge in [0.2, 0.25) is 0 Å². The number of hydrogen-bond acceptors (Lipinski definition) is 5. The lowest BCUT2D eigenvalue weighted by molar-refractivity contribution is -0.119. The highest BCUT2D eigenvalue weighted by Gasteiger charge is 2.00. The Morgan fingerprint density at radius 3 is 2.55 bits per heavy atom. The van der Waals surface area contributed by atoms with Crippen LogP contribution in [-0.2, 0) is 4.79 Å². The average molecular weight is 320 g/mol. The third-order valence-corrected chi connectivity index (χ3v) is 2.95. The van der Waals surface area contributed by atoms with Crippen molar-refractivity contribution in [1.29, 1.82) is 0 Å². The molecule has 0 aliphatic carbocycles. The third-order valence-electron chi connectivity index (χ3n) is 2.70. The van der Waals surface area contributed by atoms with Crippen LogP contribution in [0, 0.1) is 0 Å². The number of carbonyl (C=O) groups is 1. The number of halogens is 1. The number of hydrogen-bond donors (Lipinski definition) is 4. The summed E-state index contributed by atoms with van der Waals surface area (Å²) in [5.74, 6) is -0.790. The van der Waals surface area contributed by atoms with Crippen LogP contribution in [0.4, 0.5) is 5.69 Å². The summed E-state index contributed by atoms with van der Waals surface area (Å²) < 4.78 is 0. The van der Waals surface area contributed by atoms with E-state index in [0.29, 0.717) is 10.6 Å². The summed E-state index contributed by atoms with van der Waals surface area (Å²) >= 11 is 5.76. The van der Waals surface area contributed by atoms with Crippen LogP contribution in [-0.4, -0.2) is 28.9 Å². The highest BCUT2D eigenvalue weighted by molar-refractivity contribution is 6.30. The van der Waals surface area contributed by atoms with E-state index in [-0.39, 0.29) is 24.0 Å². The number of carbonyl (C=O) groups excluding carboxylic acids is 1. The number of benzene rings is 2. The molecule has 2 aromatic rings. The Hall–Kier alpha value is -2.73. The molecule has 7 heteroatoms. The first-order chi connectivity index (χ1) is 10.5. The van der Waals surface area contributed by atoms with Crippen molar-refractivity contribution >= 4 is 29.4 Å². The van der Waals surface area contributed by atoms with Crippen molar-refractivity contribution in [2.45, 2.75) is 0 Å². The first-order valence-corrected chi connectivity index (χ1v) is 6.76. The SMILES string of the molecule is O=C(CNc1ccc(Cl)cc1)N/N=C\c1ccc(O)c(O)c1. The van der Waals surface area contributed by atoms with E-state index in [1.165, 1.54) is 18.3 Å². The second kappa shape index (κ2) is 7.33. The van der Waals surface area contributed by atoms with Gasteiger partial charge in [-0.1, -0.05) is 11.6 Å². The summed E-state index contributed by atoms with van der Waals surface area (Å²) in [6.45, 7) is 0.0554. The Labute approximate surface area is 132 Å². The lowest BCUT2D eigenvalue weighted by Gasteiger charge is -2.05. The fraction of sp³-hybridized carbons (Fsp3) is 0.0667. The summed E-state index contributed by atoms with van der Waals surface area (Å²) in [5.41, 5.74) is 3.66. The van der Waals surface area contributed by atoms with E-state index in [0.717, 1.165) is 5.69 Å². The molecule has 0 heterocycles. The number of hydrazone groups is 1. The van der Waals surface area contributed by atoms with Gasteiger partial charge in [0, 0.05) is 10.7 Å². The molecule has 2 aromatic carbocycles. The standard InChI is InChI=1S/C15H14ClN3O3/c16-11-2-4-12(5-3-11)17-9-15(22)19-18-8-10-1-6-13(20)14(21)7-10/h1-8,17,20-21H,9H2,(H,19,22)/b18-8-. The predicted molar refractivity (Wildman–Crippen MR) is 85.5 cm³/mol. The summed E-state index contributed by atoms with van der Waals surface area (Å²) in [4.78, 5) is 11.6. The van der Waals surface area contributed by atoms with E-state index >= 15 is 0 Å². The van der Waals surface area contributed by atoms with Crippen LogP contribution in [0.2, 0.25) is 5.02 Å². The maximum Gasteiger partial charge on any atom is 0.259 e. The smallest absolute Gasteiger partial charge is 0.259 e. The molecule has 22 heavy (non-hydrogen) atoms. The summed E-state index contributed by atoms with van der Waals surface area (Å²) in [6.07, 6.45) is 1.36. The maximum atomic E-state index is 11.6. The fourth-order valence-electron chi connectivity index (χ4n) is 1.59. The summed E-state index contributed by atoms with van der Waals surface area (Å²) in [6, 6.07) is 11.2. The van der Waals surface area contributed by atoms with Crippen LogP contribution in [0.5, 0.6) is 11.5 Å². The van der Waals surface area contributed by atoms with Crippen LogP contribution in [0.3, 0.4) is 0 Å². The van der Waals surface area contributed by atoms with Gasteiger partial charge in [-0.25, -0.2) is 5.43 Å². The largest absolute Gasteiger partial charge is 0.504 e. The molecule has 0 radical (unpaired) electrons. The quantitative estimate of drug-likeness (QED) is 0.386. The van der Waals surface area contributed by atoms with E-state index in [4.69, 9.17) is 11.6 Å². The number of amides is 1. The topological polar surface area (TPSA) is 94.0 Å². The van der Waals surface area contributed by atoms with Gasteiger partial charge in [0.25, 0.3) is 5.91 Å². The summed E-state index contributed by atoms with van der Waals surface area (Å²) in [7, 11) is 0. The molecule has 114 valence electrons. The van der Waals surface area contributed by atoms with Crippen LogP contribution < -0.4 is 10.7 Å². The molecular weight excluding hydrogens is 306 g/mol. The minimum atomic E-state index is -0.325. The lowest BCUT2D eigenvalue weighted by Crippen LogP contribution is -2.25. The number of rotatable bonds is 5. The Kier molecular flexibility index (Phi) is 5.21. The fourth-order valence-corrected chi connectivity index (χ4v) is 1.72. The Morgan fingerprint density at radius 2 is 1.86 bits per heavy atom. The number of aromatic hydroxyl groups is 2. The third kappa shape index (κ3) is 4.68. The van der Waals surface area contributed by atoms with Crippen LogP contribution >= 0.6 is 11.6 Å². The first kappa shape index (κ1) is 15.7. The number of anilines is 1. The summed E-state index contributed by atoms with van der Waals surface area (Å²) in [5, 5.41) is 25.8. The minimum absolute atomic E-state index is 0.0554. The van der Waals surface area contributed by atoms with Gasteiger partial charge in [0.1, 0.15) is 0 Å². The molecule has 0 aromatic heterocycles. The normalized spacial score (nSPS) is 10.6. The Bertz CT molecular complexity index is 687. The maximum absolute atomic E-state index is 11.6. The van der Waals surface area contributed by atoms with E-state index in [2.05, 4.69) is 15.8 Å². The second-order valence-corrected chi connectivity index (χ2v) is 4.84. The molecular formula is C15H14ClN3O3. The van der Waals surface area contributed by atoms with Gasteiger partial charge >= 0.3 is 0 Å². The molecule has 0 spiro atoms. The van der Waals surface area contributed by atoms with Crippen molar-refractivity contribution in [3.05, 3.63) is 53.1 Å². The molecule has 0 saturated carbocycles. The van der Waals surface area contributed by atoms with Crippen molar-refractivity contribution in [1.82, 2.24) is 5.43 Å². The molecule has 0 unspecified atom stereocenters. The average Bonchev–Trinajstić information content (AvgIpc) is 2.50. The number of phenolic OH excluding ortho intramolecular Hbond substituents is 2. The number of phenols is 2. The van der Waals surface area contributed by atoms with Crippen LogP contribution in [0.15, 0.2) is 47.6 Å². The number of nitrogens with zero attached hydrogens (tertiary/aromatic N) is 1. The molecule has 0 atom stereocenters. The van der Waals surface area contributed by atoms with Crippen molar-refractivity contribution in [2.24, 2.45) is 5.10 Å². The molecule has 0 aliphatic rings. The van der Waals surface area contributed by atoms with E-state index in [1.807, 2.05) is 0 Å². The molecule has 4 N–H and O–H groups in total. The molecule has 0 bridgehead atoms. The van der Waals surface area contributed by atoms with Gasteiger partial charge in [-0.2, -0.15) is 5.10 Å². The van der Waals surface area contributed by atoms with E-state index in [9.17, 15) is 15.0 Å². The molecule has 0 fully saturated rings. The highest BCUT2D eigenvalue weighted by Crippen LogP contribution is 2.23. The van der Waals surface area contributed by atoms with Crippen LogP contribution in [0.1, 0.15) is 5.56 Å². The van der Waals surface area contributed by atoms with E-state index < -0.39 is 0 Å². The van der Waals surface area contributed by atoms with Gasteiger partial charge in [-0.05, 0) is 48.0 Å². The molecule has 2 rings (SSSR count). The van der Waals surface area contributed by atoms with Crippen molar-refractivity contribution in [3.8, 4) is 11.5 Å². The zero-order chi connectivity index (χ0) is 15.9. The monoisotopic (exact) mass is 319 g/mol. The molecule has 6 nitrogen and oxygen atoms in total. The number of nitrogens with one attached hydrogen (secondary N) is 2. The first-order valence-electron chi connectivity index (χ1n) is 6.38. The van der Waals surface area contributed by atoms with Crippen LogP contribution in [0.25, 0.3) is 0 Å². The van der Waals surface area contributed by atoms with E-state index in [1.54, 1.807) is 30.3 Å². The van der Waals surface area contributed by atoms with Gasteiger partial charge in [0.15, 0.2) is 11.5 Å². The van der Waals surface area contributed by atoms with Crippen molar-refractivity contribution in [3.63, 3.8) is 0 Å². The molecule has 0 saturated heterocycles. The Balaban J connectivity index is 1.80. The predicted octanol–water partition coefficient (Wildman–Crippen LogP) is 2.31. The van der Waals surface area contributed by atoms with Gasteiger partial charge in [-0.3, -0.25) is 4.79 Å².